The van der Waals surface area contributed by atoms with Gasteiger partial charge < -0.3 is 10.6 Å². The van der Waals surface area contributed by atoms with Crippen LogP contribution in [0.2, 0.25) is 0 Å². The highest BCUT2D eigenvalue weighted by atomic mass is 19.4. The van der Waals surface area contributed by atoms with Crippen LogP contribution in [0.1, 0.15) is 11.1 Å². The molecule has 0 unspecified atom stereocenters. The number of aromatic nitrogens is 2. The lowest BCUT2D eigenvalue weighted by Gasteiger charge is -2.15. The third-order valence-electron chi connectivity index (χ3n) is 3.53. The first-order valence-electron chi connectivity index (χ1n) is 7.62. The monoisotopic (exact) mass is 362 g/mol. The van der Waals surface area contributed by atoms with Gasteiger partial charge in [-0.3, -0.25) is 0 Å². The van der Waals surface area contributed by atoms with E-state index in [1.807, 2.05) is 19.1 Å². The Kier molecular flexibility index (Phi) is 4.75. The van der Waals surface area contributed by atoms with E-state index < -0.39 is 23.4 Å². The Balaban J connectivity index is 1.96. The van der Waals surface area contributed by atoms with Crippen molar-refractivity contribution in [3.05, 3.63) is 71.7 Å². The van der Waals surface area contributed by atoms with Crippen molar-refractivity contribution in [3.8, 4) is 0 Å². The Labute approximate surface area is 146 Å². The summed E-state index contributed by atoms with van der Waals surface area (Å²) in [5.74, 6) is -1.26. The van der Waals surface area contributed by atoms with Crippen molar-refractivity contribution in [1.29, 1.82) is 0 Å². The van der Waals surface area contributed by atoms with Gasteiger partial charge in [-0.15, -0.1) is 0 Å². The fourth-order valence-corrected chi connectivity index (χ4v) is 2.20. The molecule has 0 radical (unpaired) electrons. The number of hydrogen-bond donors (Lipinski definition) is 2. The smallest absolute Gasteiger partial charge is 0.337 e. The zero-order valence-electron chi connectivity index (χ0n) is 13.6. The van der Waals surface area contributed by atoms with Crippen molar-refractivity contribution in [2.24, 2.45) is 0 Å². The molecule has 1 heterocycles. The highest BCUT2D eigenvalue weighted by molar-refractivity contribution is 5.63. The second kappa shape index (κ2) is 6.99. The molecule has 2 N–H and O–H groups in total. The molecule has 0 aliphatic rings. The van der Waals surface area contributed by atoms with E-state index in [2.05, 4.69) is 20.6 Å². The van der Waals surface area contributed by atoms with Crippen LogP contribution in [-0.4, -0.2) is 9.97 Å². The first-order chi connectivity index (χ1) is 12.3. The van der Waals surface area contributed by atoms with Gasteiger partial charge in [0.1, 0.15) is 17.2 Å². The van der Waals surface area contributed by atoms with Crippen molar-refractivity contribution in [2.45, 2.75) is 13.1 Å². The average Bonchev–Trinajstić information content (AvgIpc) is 2.58. The van der Waals surface area contributed by atoms with Gasteiger partial charge in [0.2, 0.25) is 5.95 Å². The lowest BCUT2D eigenvalue weighted by Crippen LogP contribution is -2.13. The van der Waals surface area contributed by atoms with Gasteiger partial charge in [0, 0.05) is 11.9 Å². The molecular weight excluding hydrogens is 348 g/mol. The Morgan fingerprint density at radius 3 is 2.27 bits per heavy atom. The maximum Gasteiger partial charge on any atom is 0.421 e. The lowest BCUT2D eigenvalue weighted by molar-refractivity contribution is -0.137. The van der Waals surface area contributed by atoms with Crippen LogP contribution >= 0.6 is 0 Å². The van der Waals surface area contributed by atoms with Crippen LogP contribution in [-0.2, 0) is 6.18 Å². The fourth-order valence-electron chi connectivity index (χ4n) is 2.20. The van der Waals surface area contributed by atoms with E-state index in [0.29, 0.717) is 11.9 Å². The fraction of sp³-hybridized carbons (Fsp3) is 0.111. The van der Waals surface area contributed by atoms with Crippen molar-refractivity contribution in [3.63, 3.8) is 0 Å². The summed E-state index contributed by atoms with van der Waals surface area (Å²) in [4.78, 5) is 7.58. The first kappa shape index (κ1) is 17.7. The van der Waals surface area contributed by atoms with E-state index in [1.54, 1.807) is 12.1 Å². The van der Waals surface area contributed by atoms with Crippen molar-refractivity contribution >= 4 is 23.1 Å². The van der Waals surface area contributed by atoms with E-state index in [0.717, 1.165) is 11.6 Å². The molecule has 0 fully saturated rings. The Bertz CT molecular complexity index is 908. The molecular formula is C18H14F4N4. The highest BCUT2D eigenvalue weighted by Gasteiger charge is 2.35. The number of para-hydroxylation sites is 1. The number of halogens is 4. The van der Waals surface area contributed by atoms with Gasteiger partial charge in [0.05, 0.1) is 5.69 Å². The van der Waals surface area contributed by atoms with E-state index in [9.17, 15) is 17.6 Å². The van der Waals surface area contributed by atoms with Crippen molar-refractivity contribution < 1.29 is 17.6 Å². The third kappa shape index (κ3) is 4.08. The van der Waals surface area contributed by atoms with E-state index in [-0.39, 0.29) is 11.6 Å². The van der Waals surface area contributed by atoms with Gasteiger partial charge in [-0.05, 0) is 31.2 Å². The number of benzene rings is 2. The summed E-state index contributed by atoms with van der Waals surface area (Å²) in [5.41, 5.74) is 0.450. The number of nitrogens with zero attached hydrogens (tertiary/aromatic N) is 2. The summed E-state index contributed by atoms with van der Waals surface area (Å²) in [5, 5.41) is 5.22. The highest BCUT2D eigenvalue weighted by Crippen LogP contribution is 2.35. The number of hydrogen-bond acceptors (Lipinski definition) is 4. The molecule has 3 rings (SSSR count). The van der Waals surface area contributed by atoms with Crippen LogP contribution in [0.5, 0.6) is 0 Å². The van der Waals surface area contributed by atoms with Crippen LogP contribution < -0.4 is 10.6 Å². The summed E-state index contributed by atoms with van der Waals surface area (Å²) in [6, 6.07) is 12.6. The molecule has 0 saturated heterocycles. The largest absolute Gasteiger partial charge is 0.421 e. The van der Waals surface area contributed by atoms with Crippen LogP contribution in [0.15, 0.2) is 54.7 Å². The summed E-state index contributed by atoms with van der Waals surface area (Å²) in [6.45, 7) is 1.91. The summed E-state index contributed by atoms with van der Waals surface area (Å²) >= 11 is 0. The van der Waals surface area contributed by atoms with Crippen molar-refractivity contribution in [2.75, 3.05) is 10.6 Å². The van der Waals surface area contributed by atoms with Gasteiger partial charge in [-0.2, -0.15) is 18.2 Å². The summed E-state index contributed by atoms with van der Waals surface area (Å²) < 4.78 is 53.4. The second-order valence-electron chi connectivity index (χ2n) is 5.55. The normalized spacial score (nSPS) is 11.3. The van der Waals surface area contributed by atoms with Crippen LogP contribution in [0.4, 0.5) is 40.7 Å². The summed E-state index contributed by atoms with van der Waals surface area (Å²) in [7, 11) is 0. The molecule has 0 spiro atoms. The van der Waals surface area contributed by atoms with Gasteiger partial charge in [-0.1, -0.05) is 29.8 Å². The average molecular weight is 362 g/mol. The van der Waals surface area contributed by atoms with Crippen LogP contribution in [0.3, 0.4) is 0 Å². The molecule has 0 bridgehead atoms. The molecule has 1 aromatic heterocycles. The molecule has 3 aromatic rings. The van der Waals surface area contributed by atoms with E-state index >= 15 is 0 Å². The number of nitrogens with one attached hydrogen (secondary N) is 2. The molecule has 134 valence electrons. The standard InChI is InChI=1S/C18H14F4N4/c1-11-6-8-12(9-7-11)24-17-23-10-13(18(20,21)22)16(26-17)25-15-5-3-2-4-14(15)19/h2-10H,1H3,(H2,23,24,25,26). The molecule has 2 aromatic carbocycles. The van der Waals surface area contributed by atoms with Crippen LogP contribution in [0, 0.1) is 12.7 Å². The Morgan fingerprint density at radius 1 is 0.923 bits per heavy atom. The minimum absolute atomic E-state index is 0.0410. The quantitative estimate of drug-likeness (QED) is 0.608. The van der Waals surface area contributed by atoms with Gasteiger partial charge >= 0.3 is 6.18 Å². The summed E-state index contributed by atoms with van der Waals surface area (Å²) in [6.07, 6.45) is -4.03. The molecule has 0 aliphatic carbocycles. The molecule has 0 saturated carbocycles. The second-order valence-corrected chi connectivity index (χ2v) is 5.55. The third-order valence-corrected chi connectivity index (χ3v) is 3.53. The molecule has 0 atom stereocenters. The Morgan fingerprint density at radius 2 is 1.62 bits per heavy atom. The molecule has 26 heavy (non-hydrogen) atoms. The molecule has 4 nitrogen and oxygen atoms in total. The topological polar surface area (TPSA) is 49.8 Å². The van der Waals surface area contributed by atoms with Gasteiger partial charge in [0.15, 0.2) is 0 Å². The predicted molar refractivity (Wildman–Crippen MR) is 91.2 cm³/mol. The van der Waals surface area contributed by atoms with Crippen molar-refractivity contribution in [1.82, 2.24) is 9.97 Å². The SMILES string of the molecule is Cc1ccc(Nc2ncc(C(F)(F)F)c(Nc3ccccc3F)n2)cc1. The Hall–Kier alpha value is -3.16. The van der Waals surface area contributed by atoms with Gasteiger partial charge in [0.25, 0.3) is 0 Å². The lowest BCUT2D eigenvalue weighted by atomic mass is 10.2. The molecule has 0 amide bonds. The molecule has 0 aliphatic heterocycles. The maximum atomic E-state index is 13.8. The van der Waals surface area contributed by atoms with Gasteiger partial charge in [-0.25, -0.2) is 9.37 Å². The zero-order chi connectivity index (χ0) is 18.7. The van der Waals surface area contributed by atoms with Crippen LogP contribution in [0.25, 0.3) is 0 Å². The minimum Gasteiger partial charge on any atom is -0.337 e. The number of anilines is 4. The zero-order valence-corrected chi connectivity index (χ0v) is 13.6. The number of rotatable bonds is 4. The predicted octanol–water partition coefficient (Wildman–Crippen LogP) is 5.43. The van der Waals surface area contributed by atoms with E-state index in [1.165, 1.54) is 18.2 Å². The first-order valence-corrected chi connectivity index (χ1v) is 7.62. The number of aryl methyl sites for hydroxylation is 1. The maximum absolute atomic E-state index is 13.8. The minimum atomic E-state index is -4.68. The number of alkyl halides is 3. The molecule has 8 heteroatoms. The van der Waals surface area contributed by atoms with E-state index in [4.69, 9.17) is 0 Å².